The lowest BCUT2D eigenvalue weighted by Crippen LogP contribution is -2.00. The number of hydrogen-bond donors (Lipinski definition) is 0. The average Bonchev–Trinajstić information content (AvgIpc) is 2.63. The van der Waals surface area contributed by atoms with E-state index in [1.807, 2.05) is 30.5 Å². The maximum atomic E-state index is 10.2. The number of ether oxygens (including phenoxy) is 1. The van der Waals surface area contributed by atoms with E-state index in [0.29, 0.717) is 13.0 Å². The number of rotatable bonds is 3. The van der Waals surface area contributed by atoms with Crippen molar-refractivity contribution in [3.8, 4) is 11.3 Å². The van der Waals surface area contributed by atoms with Crippen LogP contribution in [-0.4, -0.2) is 17.6 Å². The summed E-state index contributed by atoms with van der Waals surface area (Å²) in [6.07, 6.45) is 2.41. The molecule has 0 bridgehead atoms. The predicted molar refractivity (Wildman–Crippen MR) is 94.1 cm³/mol. The molecule has 0 unspecified atom stereocenters. The van der Waals surface area contributed by atoms with Crippen molar-refractivity contribution >= 4 is 16.7 Å². The SMILES string of the molecule is CCOC(=O)CC.c1ccc(-c2cc3ccccc3cn2)cc1. The molecule has 23 heavy (non-hydrogen) atoms. The molecule has 0 aliphatic carbocycles. The molecule has 0 amide bonds. The van der Waals surface area contributed by atoms with E-state index in [-0.39, 0.29) is 5.97 Å². The number of carbonyl (C=O) groups is 1. The summed E-state index contributed by atoms with van der Waals surface area (Å²) < 4.78 is 4.55. The van der Waals surface area contributed by atoms with Gasteiger partial charge in [0.15, 0.2) is 0 Å². The highest BCUT2D eigenvalue weighted by Crippen LogP contribution is 2.21. The second-order valence-electron chi connectivity index (χ2n) is 4.94. The van der Waals surface area contributed by atoms with Gasteiger partial charge in [-0.3, -0.25) is 9.78 Å². The number of fused-ring (bicyclic) bond motifs is 1. The van der Waals surface area contributed by atoms with Crippen LogP contribution >= 0.6 is 0 Å². The molecule has 0 spiro atoms. The molecule has 0 saturated heterocycles. The van der Waals surface area contributed by atoms with Crippen LogP contribution in [0, 0.1) is 0 Å². The van der Waals surface area contributed by atoms with Crippen LogP contribution in [0.4, 0.5) is 0 Å². The van der Waals surface area contributed by atoms with Crippen molar-refractivity contribution in [3.63, 3.8) is 0 Å². The zero-order valence-corrected chi connectivity index (χ0v) is 13.5. The summed E-state index contributed by atoms with van der Waals surface area (Å²) in [6, 6.07) is 20.7. The molecule has 3 nitrogen and oxygen atoms in total. The minimum atomic E-state index is -0.123. The van der Waals surface area contributed by atoms with E-state index in [1.165, 1.54) is 10.8 Å². The van der Waals surface area contributed by atoms with E-state index >= 15 is 0 Å². The summed E-state index contributed by atoms with van der Waals surface area (Å²) in [4.78, 5) is 14.7. The molecule has 3 aromatic rings. The molecule has 0 N–H and O–H groups in total. The summed E-state index contributed by atoms with van der Waals surface area (Å²) in [7, 11) is 0. The third-order valence-corrected chi connectivity index (χ3v) is 3.29. The van der Waals surface area contributed by atoms with Crippen molar-refractivity contribution in [1.29, 1.82) is 0 Å². The standard InChI is InChI=1S/C15H11N.C5H10O2/c1-2-6-12(7-3-1)15-10-13-8-4-5-9-14(13)11-16-15;1-3-5(6)7-4-2/h1-11H;3-4H2,1-2H3. The minimum absolute atomic E-state index is 0.123. The molecule has 0 atom stereocenters. The third kappa shape index (κ3) is 4.92. The van der Waals surface area contributed by atoms with Crippen molar-refractivity contribution in [2.75, 3.05) is 6.61 Å². The highest BCUT2D eigenvalue weighted by atomic mass is 16.5. The summed E-state index contributed by atoms with van der Waals surface area (Å²) >= 11 is 0. The Morgan fingerprint density at radius 1 is 0.957 bits per heavy atom. The van der Waals surface area contributed by atoms with Gasteiger partial charge in [-0.25, -0.2) is 0 Å². The van der Waals surface area contributed by atoms with Crippen LogP contribution in [0.1, 0.15) is 20.3 Å². The first kappa shape index (κ1) is 16.7. The van der Waals surface area contributed by atoms with Crippen molar-refractivity contribution in [3.05, 3.63) is 66.9 Å². The lowest BCUT2D eigenvalue weighted by atomic mass is 10.1. The first-order valence-corrected chi connectivity index (χ1v) is 7.80. The molecule has 0 saturated carbocycles. The van der Waals surface area contributed by atoms with Crippen molar-refractivity contribution < 1.29 is 9.53 Å². The van der Waals surface area contributed by atoms with E-state index in [4.69, 9.17) is 0 Å². The zero-order valence-electron chi connectivity index (χ0n) is 13.5. The predicted octanol–water partition coefficient (Wildman–Crippen LogP) is 4.86. The lowest BCUT2D eigenvalue weighted by molar-refractivity contribution is -0.142. The van der Waals surface area contributed by atoms with Gasteiger partial charge in [-0.15, -0.1) is 0 Å². The van der Waals surface area contributed by atoms with Gasteiger partial charge in [-0.2, -0.15) is 0 Å². The Bertz CT molecular complexity index is 754. The van der Waals surface area contributed by atoms with Crippen LogP contribution in [-0.2, 0) is 9.53 Å². The quantitative estimate of drug-likeness (QED) is 0.649. The molecule has 0 aliphatic heterocycles. The molecule has 0 aliphatic rings. The van der Waals surface area contributed by atoms with E-state index in [9.17, 15) is 4.79 Å². The molecule has 3 heteroatoms. The van der Waals surface area contributed by atoms with E-state index in [2.05, 4.69) is 46.1 Å². The van der Waals surface area contributed by atoms with Crippen LogP contribution in [0.3, 0.4) is 0 Å². The van der Waals surface area contributed by atoms with Crippen LogP contribution in [0.15, 0.2) is 66.9 Å². The van der Waals surface area contributed by atoms with Crippen molar-refractivity contribution in [1.82, 2.24) is 4.98 Å². The Hall–Kier alpha value is -2.68. The van der Waals surface area contributed by atoms with E-state index < -0.39 is 0 Å². The maximum absolute atomic E-state index is 10.2. The first-order chi connectivity index (χ1) is 11.2. The van der Waals surface area contributed by atoms with E-state index in [0.717, 1.165) is 11.3 Å². The fraction of sp³-hybridized carbons (Fsp3) is 0.200. The topological polar surface area (TPSA) is 39.2 Å². The monoisotopic (exact) mass is 307 g/mol. The van der Waals surface area contributed by atoms with Gasteiger partial charge in [-0.05, 0) is 18.4 Å². The molecule has 3 rings (SSSR count). The normalized spacial score (nSPS) is 9.83. The van der Waals surface area contributed by atoms with Crippen LogP contribution in [0.25, 0.3) is 22.0 Å². The summed E-state index contributed by atoms with van der Waals surface area (Å²) in [6.45, 7) is 4.07. The first-order valence-electron chi connectivity index (χ1n) is 7.80. The lowest BCUT2D eigenvalue weighted by Gasteiger charge is -2.02. The average molecular weight is 307 g/mol. The smallest absolute Gasteiger partial charge is 0.305 e. The van der Waals surface area contributed by atoms with E-state index in [1.54, 1.807) is 13.8 Å². The largest absolute Gasteiger partial charge is 0.466 e. The fourth-order valence-electron chi connectivity index (χ4n) is 2.11. The summed E-state index contributed by atoms with van der Waals surface area (Å²) in [5, 5.41) is 2.42. The molecule has 0 radical (unpaired) electrons. The van der Waals surface area contributed by atoms with Gasteiger partial charge in [0.25, 0.3) is 0 Å². The number of hydrogen-bond acceptors (Lipinski definition) is 3. The molecule has 2 aromatic carbocycles. The van der Waals surface area contributed by atoms with Gasteiger partial charge in [-0.1, -0.05) is 61.5 Å². The van der Waals surface area contributed by atoms with Gasteiger partial charge in [0.1, 0.15) is 0 Å². The van der Waals surface area contributed by atoms with Gasteiger partial charge in [0, 0.05) is 23.6 Å². The maximum Gasteiger partial charge on any atom is 0.305 e. The van der Waals surface area contributed by atoms with Crippen molar-refractivity contribution in [2.24, 2.45) is 0 Å². The molecule has 1 heterocycles. The van der Waals surface area contributed by atoms with Crippen molar-refractivity contribution in [2.45, 2.75) is 20.3 Å². The van der Waals surface area contributed by atoms with Crippen LogP contribution < -0.4 is 0 Å². The zero-order chi connectivity index (χ0) is 16.5. The number of benzene rings is 2. The minimum Gasteiger partial charge on any atom is -0.466 e. The Morgan fingerprint density at radius 2 is 1.61 bits per heavy atom. The molecule has 0 fully saturated rings. The van der Waals surface area contributed by atoms with Gasteiger partial charge in [0.05, 0.1) is 12.3 Å². The Kier molecular flexibility index (Phi) is 6.30. The Morgan fingerprint density at radius 3 is 2.22 bits per heavy atom. The van der Waals surface area contributed by atoms with Crippen LogP contribution in [0.5, 0.6) is 0 Å². The third-order valence-electron chi connectivity index (χ3n) is 3.29. The van der Waals surface area contributed by atoms with Gasteiger partial charge in [0.2, 0.25) is 0 Å². The number of pyridine rings is 1. The van der Waals surface area contributed by atoms with Gasteiger partial charge < -0.3 is 4.74 Å². The molecule has 1 aromatic heterocycles. The molecular formula is C20H21NO2. The molecule has 118 valence electrons. The number of esters is 1. The Labute approximate surface area is 136 Å². The van der Waals surface area contributed by atoms with Crippen LogP contribution in [0.2, 0.25) is 0 Å². The molecular weight excluding hydrogens is 286 g/mol. The number of nitrogens with zero attached hydrogens (tertiary/aromatic N) is 1. The summed E-state index contributed by atoms with van der Waals surface area (Å²) in [5.41, 5.74) is 2.19. The number of carbonyl (C=O) groups excluding carboxylic acids is 1. The second-order valence-corrected chi connectivity index (χ2v) is 4.94. The number of aromatic nitrogens is 1. The Balaban J connectivity index is 0.000000236. The highest BCUT2D eigenvalue weighted by Gasteiger charge is 1.99. The highest BCUT2D eigenvalue weighted by molar-refractivity contribution is 5.85. The van der Waals surface area contributed by atoms with Gasteiger partial charge >= 0.3 is 5.97 Å². The summed E-state index contributed by atoms with van der Waals surface area (Å²) in [5.74, 6) is -0.123. The second kappa shape index (κ2) is 8.69. The fourth-order valence-corrected chi connectivity index (χ4v) is 2.11.